The smallest absolute Gasteiger partial charge is 0.242 e. The highest BCUT2D eigenvalue weighted by Crippen LogP contribution is 2.21. The molecule has 2 rings (SSSR count). The van der Waals surface area contributed by atoms with Gasteiger partial charge in [0.15, 0.2) is 5.76 Å². The maximum Gasteiger partial charge on any atom is 0.242 e. The second-order valence-corrected chi connectivity index (χ2v) is 3.46. The Labute approximate surface area is 99.2 Å². The van der Waals surface area contributed by atoms with Crippen molar-refractivity contribution >= 4 is 23.5 Å². The number of carbonyl (C=O) groups is 1. The zero-order valence-electron chi connectivity index (χ0n) is 8.35. The summed E-state index contributed by atoms with van der Waals surface area (Å²) in [4.78, 5) is 13.3. The molecule has 0 bridgehead atoms. The normalized spacial score (nSPS) is 10.4. The van der Waals surface area contributed by atoms with E-state index in [1.54, 1.807) is 17.5 Å². The van der Waals surface area contributed by atoms with Crippen molar-refractivity contribution in [2.45, 2.75) is 0 Å². The van der Waals surface area contributed by atoms with Crippen LogP contribution in [0.5, 0.6) is 0 Å². The van der Waals surface area contributed by atoms with E-state index in [-0.39, 0.29) is 0 Å². The number of rotatable bonds is 3. The van der Waals surface area contributed by atoms with Gasteiger partial charge in [0.05, 0.1) is 0 Å². The van der Waals surface area contributed by atoms with Crippen LogP contribution in [0.2, 0.25) is 0 Å². The minimum Gasteiger partial charge on any atom is -0.455 e. The van der Waals surface area contributed by atoms with Crippen molar-refractivity contribution in [2.24, 2.45) is 5.11 Å². The monoisotopic (exact) mass is 247 g/mol. The Morgan fingerprint density at radius 1 is 1.59 bits per heavy atom. The second kappa shape index (κ2) is 5.06. The lowest BCUT2D eigenvalue weighted by Crippen LogP contribution is -1.81. The Hall–Kier alpha value is -2.44. The third-order valence-corrected chi connectivity index (χ3v) is 2.28. The summed E-state index contributed by atoms with van der Waals surface area (Å²) < 4.78 is 9.10. The molecule has 0 fully saturated rings. The van der Waals surface area contributed by atoms with Crippen molar-refractivity contribution in [3.05, 3.63) is 39.8 Å². The standard InChI is InChI=1S/C9H5N5O2S/c10-13-12-9(15)4-2-6-1-3-8(16-6)7-5-17-14-11-7/h1-5H. The first kappa shape index (κ1) is 11.1. The van der Waals surface area contributed by atoms with Crippen LogP contribution in [0, 0.1) is 0 Å². The van der Waals surface area contributed by atoms with Gasteiger partial charge in [0.2, 0.25) is 5.91 Å². The van der Waals surface area contributed by atoms with Crippen molar-refractivity contribution in [2.75, 3.05) is 0 Å². The Kier molecular flexibility index (Phi) is 3.29. The molecule has 17 heavy (non-hydrogen) atoms. The topological polar surface area (TPSA) is 105 Å². The number of furan rings is 1. The van der Waals surface area contributed by atoms with Crippen molar-refractivity contribution in [3.63, 3.8) is 0 Å². The van der Waals surface area contributed by atoms with Gasteiger partial charge in [-0.05, 0) is 46.5 Å². The molecule has 0 spiro atoms. The summed E-state index contributed by atoms with van der Waals surface area (Å²) in [5.41, 5.74) is 8.66. The quantitative estimate of drug-likeness (QED) is 0.359. The predicted molar refractivity (Wildman–Crippen MR) is 60.8 cm³/mol. The molecule has 0 aliphatic rings. The molecular formula is C9H5N5O2S. The van der Waals surface area contributed by atoms with Crippen molar-refractivity contribution in [1.29, 1.82) is 0 Å². The summed E-state index contributed by atoms with van der Waals surface area (Å²) in [6.07, 6.45) is 2.54. The van der Waals surface area contributed by atoms with Crippen LogP contribution in [0.1, 0.15) is 5.76 Å². The fourth-order valence-corrected chi connectivity index (χ4v) is 1.53. The van der Waals surface area contributed by atoms with Gasteiger partial charge in [-0.15, -0.1) is 5.10 Å². The highest BCUT2D eigenvalue weighted by Gasteiger charge is 2.05. The zero-order chi connectivity index (χ0) is 12.1. The van der Waals surface area contributed by atoms with Gasteiger partial charge in [0.1, 0.15) is 11.5 Å². The molecule has 0 saturated carbocycles. The highest BCUT2D eigenvalue weighted by atomic mass is 32.1. The average molecular weight is 247 g/mol. The fraction of sp³-hybridized carbons (Fsp3) is 0. The van der Waals surface area contributed by atoms with Crippen molar-refractivity contribution < 1.29 is 9.21 Å². The van der Waals surface area contributed by atoms with E-state index in [1.165, 1.54) is 17.6 Å². The summed E-state index contributed by atoms with van der Waals surface area (Å²) in [5.74, 6) is 0.352. The molecule has 7 nitrogen and oxygen atoms in total. The van der Waals surface area contributed by atoms with Gasteiger partial charge in [0.25, 0.3) is 0 Å². The fourth-order valence-electron chi connectivity index (χ4n) is 1.08. The van der Waals surface area contributed by atoms with E-state index in [0.29, 0.717) is 17.2 Å². The van der Waals surface area contributed by atoms with E-state index in [4.69, 9.17) is 9.95 Å². The number of amides is 1. The molecule has 2 aromatic rings. The average Bonchev–Trinajstić information content (AvgIpc) is 2.97. The predicted octanol–water partition coefficient (Wildman–Crippen LogP) is 2.65. The van der Waals surface area contributed by atoms with Crippen LogP contribution >= 0.6 is 11.5 Å². The molecule has 0 saturated heterocycles. The largest absolute Gasteiger partial charge is 0.455 e. The summed E-state index contributed by atoms with van der Waals surface area (Å²) in [5, 5.41) is 8.48. The van der Waals surface area contributed by atoms with Crippen LogP contribution < -0.4 is 0 Å². The maximum absolute atomic E-state index is 10.9. The summed E-state index contributed by atoms with van der Waals surface area (Å²) >= 11 is 1.22. The molecule has 0 aliphatic heterocycles. The Morgan fingerprint density at radius 2 is 2.47 bits per heavy atom. The maximum atomic E-state index is 10.9. The van der Waals surface area contributed by atoms with Crippen LogP contribution in [0.3, 0.4) is 0 Å². The third-order valence-electron chi connectivity index (χ3n) is 1.77. The van der Waals surface area contributed by atoms with Crippen LogP contribution in [0.4, 0.5) is 0 Å². The molecule has 2 heterocycles. The van der Waals surface area contributed by atoms with Crippen LogP contribution in [0.15, 0.2) is 33.1 Å². The highest BCUT2D eigenvalue weighted by molar-refractivity contribution is 7.03. The number of hydrogen-bond acceptors (Lipinski definition) is 5. The van der Waals surface area contributed by atoms with Gasteiger partial charge in [-0.3, -0.25) is 4.79 Å². The van der Waals surface area contributed by atoms with Gasteiger partial charge >= 0.3 is 0 Å². The third kappa shape index (κ3) is 2.77. The van der Waals surface area contributed by atoms with E-state index in [0.717, 1.165) is 6.08 Å². The lowest BCUT2D eigenvalue weighted by atomic mass is 10.3. The first-order valence-electron chi connectivity index (χ1n) is 4.44. The van der Waals surface area contributed by atoms with Gasteiger partial charge in [-0.2, -0.15) is 0 Å². The lowest BCUT2D eigenvalue weighted by molar-refractivity contribution is -0.113. The molecule has 0 unspecified atom stereocenters. The first-order valence-corrected chi connectivity index (χ1v) is 5.27. The van der Waals surface area contributed by atoms with Crippen molar-refractivity contribution in [1.82, 2.24) is 9.59 Å². The zero-order valence-corrected chi connectivity index (χ0v) is 9.16. The van der Waals surface area contributed by atoms with E-state index in [2.05, 4.69) is 19.6 Å². The molecule has 0 radical (unpaired) electrons. The van der Waals surface area contributed by atoms with Gasteiger partial charge in [-0.25, -0.2) is 0 Å². The molecule has 2 aromatic heterocycles. The molecule has 84 valence electrons. The Bertz CT molecular complexity index is 595. The first-order chi connectivity index (χ1) is 8.29. The summed E-state index contributed by atoms with van der Waals surface area (Å²) in [7, 11) is 0. The number of azide groups is 1. The van der Waals surface area contributed by atoms with E-state index >= 15 is 0 Å². The van der Waals surface area contributed by atoms with E-state index < -0.39 is 5.91 Å². The van der Waals surface area contributed by atoms with Gasteiger partial charge in [0, 0.05) is 10.3 Å². The summed E-state index contributed by atoms with van der Waals surface area (Å²) in [6, 6.07) is 3.39. The number of hydrogen-bond donors (Lipinski definition) is 0. The molecule has 1 amide bonds. The molecular weight excluding hydrogens is 242 g/mol. The Morgan fingerprint density at radius 3 is 3.18 bits per heavy atom. The molecule has 0 N–H and O–H groups in total. The van der Waals surface area contributed by atoms with Crippen LogP contribution in [-0.4, -0.2) is 15.5 Å². The molecule has 8 heteroatoms. The lowest BCUT2D eigenvalue weighted by Gasteiger charge is -1.86. The van der Waals surface area contributed by atoms with Crippen LogP contribution in [-0.2, 0) is 4.79 Å². The minimum atomic E-state index is -0.680. The number of carbonyl (C=O) groups excluding carboxylic acids is 1. The Balaban J connectivity index is 2.14. The van der Waals surface area contributed by atoms with Gasteiger partial charge in [-0.1, -0.05) is 4.49 Å². The van der Waals surface area contributed by atoms with E-state index in [9.17, 15) is 4.79 Å². The van der Waals surface area contributed by atoms with Gasteiger partial charge < -0.3 is 4.42 Å². The SMILES string of the molecule is [N-]=[N+]=NC(=O)C=Cc1ccc(-c2csnn2)o1. The minimum absolute atomic E-state index is 0.467. The molecule has 0 atom stereocenters. The molecule has 0 aliphatic carbocycles. The van der Waals surface area contributed by atoms with E-state index in [1.807, 2.05) is 0 Å². The summed E-state index contributed by atoms with van der Waals surface area (Å²) in [6.45, 7) is 0. The number of aromatic nitrogens is 2. The molecule has 0 aromatic carbocycles. The second-order valence-electron chi connectivity index (χ2n) is 2.85. The number of nitrogens with zero attached hydrogens (tertiary/aromatic N) is 5. The van der Waals surface area contributed by atoms with Crippen LogP contribution in [0.25, 0.3) is 28.0 Å². The van der Waals surface area contributed by atoms with Crippen molar-refractivity contribution in [3.8, 4) is 11.5 Å².